The molecule has 1 saturated heterocycles. The molecular formula is C21H24N2O5S. The Morgan fingerprint density at radius 1 is 1.00 bits per heavy atom. The number of carbonyl (C=O) groups excluding carboxylic acids is 2. The second-order valence-corrected chi connectivity index (χ2v) is 9.02. The summed E-state index contributed by atoms with van der Waals surface area (Å²) in [7, 11) is -3.26. The molecule has 1 heterocycles. The van der Waals surface area contributed by atoms with Gasteiger partial charge in [0.05, 0.1) is 4.90 Å². The average Bonchev–Trinajstić information content (AvgIpc) is 3.25. The van der Waals surface area contributed by atoms with Crippen molar-refractivity contribution in [3.8, 4) is 5.75 Å². The van der Waals surface area contributed by atoms with Crippen LogP contribution in [0.2, 0.25) is 0 Å². The summed E-state index contributed by atoms with van der Waals surface area (Å²) < 4.78 is 28.2. The van der Waals surface area contributed by atoms with Gasteiger partial charge in [0.25, 0.3) is 11.8 Å². The Kier molecular flexibility index (Phi) is 6.53. The van der Waals surface area contributed by atoms with Crippen LogP contribution in [-0.4, -0.2) is 51.1 Å². The highest BCUT2D eigenvalue weighted by molar-refractivity contribution is 7.90. The molecule has 1 fully saturated rings. The Morgan fingerprint density at radius 2 is 1.62 bits per heavy atom. The topological polar surface area (TPSA) is 92.8 Å². The second-order valence-electron chi connectivity index (χ2n) is 7.01. The Hall–Kier alpha value is -2.87. The highest BCUT2D eigenvalue weighted by Gasteiger charge is 2.19. The zero-order valence-electron chi connectivity index (χ0n) is 16.3. The predicted molar refractivity (Wildman–Crippen MR) is 108 cm³/mol. The van der Waals surface area contributed by atoms with E-state index in [1.807, 2.05) is 17.0 Å². The minimum Gasteiger partial charge on any atom is -0.484 e. The number of benzene rings is 2. The van der Waals surface area contributed by atoms with E-state index < -0.39 is 9.84 Å². The van der Waals surface area contributed by atoms with Gasteiger partial charge < -0.3 is 15.0 Å². The van der Waals surface area contributed by atoms with E-state index in [0.29, 0.717) is 17.9 Å². The largest absolute Gasteiger partial charge is 0.484 e. The quantitative estimate of drug-likeness (QED) is 0.745. The summed E-state index contributed by atoms with van der Waals surface area (Å²) >= 11 is 0. The first-order valence-electron chi connectivity index (χ1n) is 9.41. The zero-order valence-corrected chi connectivity index (χ0v) is 17.1. The molecule has 2 aromatic rings. The van der Waals surface area contributed by atoms with Crippen LogP contribution >= 0.6 is 0 Å². The number of carbonyl (C=O) groups is 2. The van der Waals surface area contributed by atoms with Crippen molar-refractivity contribution in [1.82, 2.24) is 10.2 Å². The normalized spacial score (nSPS) is 13.9. The summed E-state index contributed by atoms with van der Waals surface area (Å²) in [6.07, 6.45) is 3.24. The molecule has 7 nitrogen and oxygen atoms in total. The summed E-state index contributed by atoms with van der Waals surface area (Å²) in [6, 6.07) is 13.1. The smallest absolute Gasteiger partial charge is 0.258 e. The van der Waals surface area contributed by atoms with Crippen LogP contribution in [-0.2, 0) is 21.2 Å². The Balaban J connectivity index is 1.45. The number of nitrogens with one attached hydrogen (secondary N) is 1. The fourth-order valence-electron chi connectivity index (χ4n) is 3.05. The lowest BCUT2D eigenvalue weighted by Gasteiger charge is -2.15. The molecule has 0 unspecified atom stereocenters. The van der Waals surface area contributed by atoms with Gasteiger partial charge in [-0.05, 0) is 54.8 Å². The first kappa shape index (κ1) is 20.9. The van der Waals surface area contributed by atoms with Gasteiger partial charge in [0.15, 0.2) is 16.4 Å². The van der Waals surface area contributed by atoms with Gasteiger partial charge in [-0.25, -0.2) is 8.42 Å². The molecule has 0 bridgehead atoms. The Bertz CT molecular complexity index is 963. The first-order valence-corrected chi connectivity index (χ1v) is 11.3. The SMILES string of the molecule is CS(=O)(=O)c1ccc(OCC(=O)NCc2ccc(C(=O)N3CCCC3)cc2)cc1. The van der Waals surface area contributed by atoms with E-state index in [1.165, 1.54) is 24.3 Å². The minimum atomic E-state index is -3.26. The molecule has 0 radical (unpaired) electrons. The number of amides is 2. The zero-order chi connectivity index (χ0) is 20.9. The van der Waals surface area contributed by atoms with Gasteiger partial charge in [0, 0.05) is 31.5 Å². The molecule has 0 aliphatic carbocycles. The molecule has 3 rings (SSSR count). The molecule has 29 heavy (non-hydrogen) atoms. The standard InChI is InChI=1S/C21H24N2O5S/c1-29(26,27)19-10-8-18(9-11-19)28-15-20(24)22-14-16-4-6-17(7-5-16)21(25)23-12-2-3-13-23/h4-11H,2-3,12-15H2,1H3,(H,22,24). The predicted octanol–water partition coefficient (Wildman–Crippen LogP) is 2.02. The first-order chi connectivity index (χ1) is 13.8. The van der Waals surface area contributed by atoms with Crippen molar-refractivity contribution in [1.29, 1.82) is 0 Å². The van der Waals surface area contributed by atoms with Gasteiger partial charge in [-0.15, -0.1) is 0 Å². The number of nitrogens with zero attached hydrogens (tertiary/aromatic N) is 1. The van der Waals surface area contributed by atoms with Gasteiger partial charge in [-0.1, -0.05) is 12.1 Å². The number of ether oxygens (including phenoxy) is 1. The van der Waals surface area contributed by atoms with Crippen molar-refractivity contribution in [3.63, 3.8) is 0 Å². The fourth-order valence-corrected chi connectivity index (χ4v) is 3.68. The lowest BCUT2D eigenvalue weighted by atomic mass is 10.1. The molecule has 2 aromatic carbocycles. The number of likely N-dealkylation sites (tertiary alicyclic amines) is 1. The van der Waals surface area contributed by atoms with Gasteiger partial charge >= 0.3 is 0 Å². The molecule has 0 saturated carbocycles. The van der Waals surface area contributed by atoms with E-state index in [-0.39, 0.29) is 23.3 Å². The molecule has 1 aliphatic heterocycles. The van der Waals surface area contributed by atoms with Gasteiger partial charge in [0.1, 0.15) is 5.75 Å². The van der Waals surface area contributed by atoms with E-state index in [1.54, 1.807) is 12.1 Å². The maximum absolute atomic E-state index is 12.3. The maximum Gasteiger partial charge on any atom is 0.258 e. The average molecular weight is 416 g/mol. The third kappa shape index (κ3) is 5.80. The van der Waals surface area contributed by atoms with E-state index in [0.717, 1.165) is 37.8 Å². The van der Waals surface area contributed by atoms with E-state index in [4.69, 9.17) is 4.74 Å². The molecular weight excluding hydrogens is 392 g/mol. The highest BCUT2D eigenvalue weighted by Crippen LogP contribution is 2.16. The Labute approximate surface area is 170 Å². The van der Waals surface area contributed by atoms with Crippen molar-refractivity contribution in [2.75, 3.05) is 26.0 Å². The van der Waals surface area contributed by atoms with Crippen LogP contribution in [0.25, 0.3) is 0 Å². The monoisotopic (exact) mass is 416 g/mol. The fraction of sp³-hybridized carbons (Fsp3) is 0.333. The number of hydrogen-bond acceptors (Lipinski definition) is 5. The summed E-state index contributed by atoms with van der Waals surface area (Å²) in [4.78, 5) is 26.4. The van der Waals surface area contributed by atoms with Gasteiger partial charge in [-0.2, -0.15) is 0 Å². The molecule has 2 amide bonds. The van der Waals surface area contributed by atoms with Crippen LogP contribution in [0.1, 0.15) is 28.8 Å². The molecule has 8 heteroatoms. The molecule has 1 aliphatic rings. The summed E-state index contributed by atoms with van der Waals surface area (Å²) in [5.41, 5.74) is 1.54. The lowest BCUT2D eigenvalue weighted by Crippen LogP contribution is -2.29. The van der Waals surface area contributed by atoms with Crippen molar-refractivity contribution >= 4 is 21.7 Å². The van der Waals surface area contributed by atoms with Crippen LogP contribution in [0.5, 0.6) is 5.75 Å². The van der Waals surface area contributed by atoms with Gasteiger partial charge in [-0.3, -0.25) is 9.59 Å². The van der Waals surface area contributed by atoms with Crippen molar-refractivity contribution < 1.29 is 22.7 Å². The van der Waals surface area contributed by atoms with Crippen molar-refractivity contribution in [2.45, 2.75) is 24.3 Å². The summed E-state index contributed by atoms with van der Waals surface area (Å²) in [5.74, 6) is 0.167. The van der Waals surface area contributed by atoms with E-state index in [2.05, 4.69) is 5.32 Å². The highest BCUT2D eigenvalue weighted by atomic mass is 32.2. The van der Waals surface area contributed by atoms with Crippen LogP contribution in [0, 0.1) is 0 Å². The second kappa shape index (κ2) is 9.09. The van der Waals surface area contributed by atoms with E-state index >= 15 is 0 Å². The third-order valence-electron chi connectivity index (χ3n) is 4.71. The van der Waals surface area contributed by atoms with Gasteiger partial charge in [0.2, 0.25) is 0 Å². The third-order valence-corrected chi connectivity index (χ3v) is 5.83. The molecule has 154 valence electrons. The van der Waals surface area contributed by atoms with Crippen LogP contribution < -0.4 is 10.1 Å². The van der Waals surface area contributed by atoms with E-state index in [9.17, 15) is 18.0 Å². The molecule has 1 N–H and O–H groups in total. The van der Waals surface area contributed by atoms with Crippen LogP contribution in [0.4, 0.5) is 0 Å². The Morgan fingerprint density at radius 3 is 2.21 bits per heavy atom. The number of rotatable bonds is 7. The minimum absolute atomic E-state index is 0.0494. The number of hydrogen-bond donors (Lipinski definition) is 1. The maximum atomic E-state index is 12.3. The summed E-state index contributed by atoms with van der Waals surface area (Å²) in [6.45, 7) is 1.78. The summed E-state index contributed by atoms with van der Waals surface area (Å²) in [5, 5.41) is 2.75. The lowest BCUT2D eigenvalue weighted by molar-refractivity contribution is -0.123. The molecule has 0 atom stereocenters. The van der Waals surface area contributed by atoms with Crippen molar-refractivity contribution in [2.24, 2.45) is 0 Å². The molecule has 0 spiro atoms. The molecule has 0 aromatic heterocycles. The van der Waals surface area contributed by atoms with Crippen molar-refractivity contribution in [3.05, 3.63) is 59.7 Å². The van der Waals surface area contributed by atoms with Crippen LogP contribution in [0.3, 0.4) is 0 Å². The number of sulfone groups is 1. The van der Waals surface area contributed by atoms with Crippen LogP contribution in [0.15, 0.2) is 53.4 Å².